The van der Waals surface area contributed by atoms with E-state index in [4.69, 9.17) is 5.11 Å². The van der Waals surface area contributed by atoms with Crippen molar-refractivity contribution in [1.29, 1.82) is 0 Å². The lowest BCUT2D eigenvalue weighted by atomic mass is 9.86. The molecule has 0 aromatic carbocycles. The number of rotatable bonds is 2. The number of carboxylic acids is 1. The number of fused-ring (bicyclic) bond motifs is 1. The van der Waals surface area contributed by atoms with E-state index in [1.165, 1.54) is 12.8 Å². The highest BCUT2D eigenvalue weighted by Crippen LogP contribution is 2.68. The van der Waals surface area contributed by atoms with Crippen LogP contribution in [0, 0.1) is 17.3 Å². The summed E-state index contributed by atoms with van der Waals surface area (Å²) in [7, 11) is 0. The summed E-state index contributed by atoms with van der Waals surface area (Å²) >= 11 is 0. The van der Waals surface area contributed by atoms with Gasteiger partial charge in [0.15, 0.2) is 0 Å². The summed E-state index contributed by atoms with van der Waals surface area (Å²) in [5.74, 6) is -0.0255. The van der Waals surface area contributed by atoms with Gasteiger partial charge < -0.3 is 5.11 Å². The van der Waals surface area contributed by atoms with Crippen LogP contribution in [-0.2, 0) is 4.79 Å². The summed E-state index contributed by atoms with van der Waals surface area (Å²) < 4.78 is 0. The fourth-order valence-corrected chi connectivity index (χ4v) is 3.27. The highest BCUT2D eigenvalue weighted by molar-refractivity contribution is 5.75. The fraction of sp³-hybridized carbons (Fsp3) is 0.900. The van der Waals surface area contributed by atoms with Gasteiger partial charge in [-0.3, -0.25) is 4.79 Å². The molecular weight excluding hydrogens is 152 g/mol. The maximum absolute atomic E-state index is 10.9. The Morgan fingerprint density at radius 1 is 1.58 bits per heavy atom. The normalized spacial score (nSPS) is 45.1. The molecule has 0 aromatic heterocycles. The van der Waals surface area contributed by atoms with Crippen LogP contribution < -0.4 is 0 Å². The Morgan fingerprint density at radius 3 is 2.83 bits per heavy atom. The average molecular weight is 168 g/mol. The molecule has 0 heterocycles. The zero-order valence-electron chi connectivity index (χ0n) is 7.55. The molecule has 68 valence electrons. The van der Waals surface area contributed by atoms with E-state index >= 15 is 0 Å². The third kappa shape index (κ3) is 0.838. The average Bonchev–Trinajstić information content (AvgIpc) is 2.73. The van der Waals surface area contributed by atoms with E-state index in [2.05, 4.69) is 6.92 Å². The van der Waals surface area contributed by atoms with Crippen LogP contribution in [0.1, 0.15) is 39.0 Å². The first-order chi connectivity index (χ1) is 5.72. The maximum Gasteiger partial charge on any atom is 0.307 e. The Kier molecular flexibility index (Phi) is 1.67. The van der Waals surface area contributed by atoms with Crippen molar-refractivity contribution < 1.29 is 9.90 Å². The topological polar surface area (TPSA) is 37.3 Å². The zero-order chi connectivity index (χ0) is 8.77. The van der Waals surface area contributed by atoms with Crippen LogP contribution in [0.15, 0.2) is 0 Å². The SMILES string of the molecule is CCC12CCCCC1C2C(=O)O. The molecule has 2 saturated carbocycles. The van der Waals surface area contributed by atoms with Crippen LogP contribution in [0.4, 0.5) is 0 Å². The Hall–Kier alpha value is -0.530. The van der Waals surface area contributed by atoms with Crippen LogP contribution in [0.2, 0.25) is 0 Å². The van der Waals surface area contributed by atoms with E-state index in [-0.39, 0.29) is 11.3 Å². The molecule has 2 nitrogen and oxygen atoms in total. The molecule has 0 aromatic rings. The fourth-order valence-electron chi connectivity index (χ4n) is 3.27. The molecule has 0 amide bonds. The van der Waals surface area contributed by atoms with Gasteiger partial charge in [0.1, 0.15) is 0 Å². The first-order valence-electron chi connectivity index (χ1n) is 4.95. The van der Waals surface area contributed by atoms with Crippen LogP contribution in [0.3, 0.4) is 0 Å². The Bertz CT molecular complexity index is 212. The zero-order valence-corrected chi connectivity index (χ0v) is 7.55. The maximum atomic E-state index is 10.9. The van der Waals surface area contributed by atoms with Crippen molar-refractivity contribution in [3.05, 3.63) is 0 Å². The largest absolute Gasteiger partial charge is 0.481 e. The van der Waals surface area contributed by atoms with Gasteiger partial charge in [-0.1, -0.05) is 19.8 Å². The molecule has 2 heteroatoms. The van der Waals surface area contributed by atoms with Gasteiger partial charge in [0, 0.05) is 0 Å². The molecule has 3 atom stereocenters. The van der Waals surface area contributed by atoms with Gasteiger partial charge in [0.05, 0.1) is 5.92 Å². The first kappa shape index (κ1) is 8.09. The van der Waals surface area contributed by atoms with Gasteiger partial charge >= 0.3 is 5.97 Å². The lowest BCUT2D eigenvalue weighted by Crippen LogP contribution is -2.11. The van der Waals surface area contributed by atoms with Gasteiger partial charge in [-0.2, -0.15) is 0 Å². The summed E-state index contributed by atoms with van der Waals surface area (Å²) in [5, 5.41) is 8.98. The number of aliphatic carboxylic acids is 1. The molecule has 3 unspecified atom stereocenters. The van der Waals surface area contributed by atoms with Crippen LogP contribution >= 0.6 is 0 Å². The lowest BCUT2D eigenvalue weighted by molar-refractivity contribution is -0.139. The molecule has 2 fully saturated rings. The Balaban J connectivity index is 2.15. The molecule has 2 aliphatic carbocycles. The van der Waals surface area contributed by atoms with Crippen molar-refractivity contribution in [2.45, 2.75) is 39.0 Å². The van der Waals surface area contributed by atoms with E-state index in [0.717, 1.165) is 19.3 Å². The second kappa shape index (κ2) is 2.48. The molecule has 0 radical (unpaired) electrons. The highest BCUT2D eigenvalue weighted by atomic mass is 16.4. The first-order valence-corrected chi connectivity index (χ1v) is 4.95. The van der Waals surface area contributed by atoms with Gasteiger partial charge in [0.25, 0.3) is 0 Å². The van der Waals surface area contributed by atoms with Crippen LogP contribution in [0.25, 0.3) is 0 Å². The number of hydrogen-bond acceptors (Lipinski definition) is 1. The molecular formula is C10H16O2. The molecule has 2 aliphatic rings. The van der Waals surface area contributed by atoms with E-state index in [1.807, 2.05) is 0 Å². The monoisotopic (exact) mass is 168 g/mol. The van der Waals surface area contributed by atoms with Crippen LogP contribution in [0.5, 0.6) is 0 Å². The van der Waals surface area contributed by atoms with E-state index < -0.39 is 5.97 Å². The summed E-state index contributed by atoms with van der Waals surface area (Å²) in [4.78, 5) is 10.9. The minimum absolute atomic E-state index is 0.00463. The summed E-state index contributed by atoms with van der Waals surface area (Å²) in [6.45, 7) is 2.14. The highest BCUT2D eigenvalue weighted by Gasteiger charge is 2.66. The number of hydrogen-bond donors (Lipinski definition) is 1. The number of carboxylic acid groups (broad SMARTS) is 1. The van der Waals surface area contributed by atoms with E-state index in [9.17, 15) is 4.79 Å². The second-order valence-electron chi connectivity index (χ2n) is 4.25. The predicted molar refractivity (Wildman–Crippen MR) is 45.8 cm³/mol. The molecule has 0 bridgehead atoms. The van der Waals surface area contributed by atoms with Crippen LogP contribution in [-0.4, -0.2) is 11.1 Å². The van der Waals surface area contributed by atoms with Crippen molar-refractivity contribution in [2.75, 3.05) is 0 Å². The molecule has 1 N–H and O–H groups in total. The Morgan fingerprint density at radius 2 is 2.33 bits per heavy atom. The Labute approximate surface area is 73.0 Å². The smallest absolute Gasteiger partial charge is 0.307 e. The molecule has 0 aliphatic heterocycles. The predicted octanol–water partition coefficient (Wildman–Crippen LogP) is 2.29. The molecule has 0 saturated heterocycles. The third-order valence-electron chi connectivity index (χ3n) is 3.98. The molecule has 0 spiro atoms. The van der Waals surface area contributed by atoms with Crippen molar-refractivity contribution in [2.24, 2.45) is 17.3 Å². The third-order valence-corrected chi connectivity index (χ3v) is 3.98. The molecule has 12 heavy (non-hydrogen) atoms. The summed E-state index contributed by atoms with van der Waals surface area (Å²) in [6, 6.07) is 0. The standard InChI is InChI=1S/C10H16O2/c1-2-10-6-4-3-5-7(10)8(10)9(11)12/h7-8H,2-6H2,1H3,(H,11,12). The van der Waals surface area contributed by atoms with Gasteiger partial charge in [-0.25, -0.2) is 0 Å². The minimum Gasteiger partial charge on any atom is -0.481 e. The number of carbonyl (C=O) groups is 1. The lowest BCUT2D eigenvalue weighted by Gasteiger charge is -2.19. The van der Waals surface area contributed by atoms with E-state index in [0.29, 0.717) is 5.92 Å². The van der Waals surface area contributed by atoms with Crippen molar-refractivity contribution in [3.63, 3.8) is 0 Å². The van der Waals surface area contributed by atoms with Crippen molar-refractivity contribution in [3.8, 4) is 0 Å². The van der Waals surface area contributed by atoms with Gasteiger partial charge in [-0.15, -0.1) is 0 Å². The minimum atomic E-state index is -0.552. The summed E-state index contributed by atoms with van der Waals surface area (Å²) in [5.41, 5.74) is 0.226. The molecule has 2 rings (SSSR count). The quantitative estimate of drug-likeness (QED) is 0.686. The van der Waals surface area contributed by atoms with Gasteiger partial charge in [0.2, 0.25) is 0 Å². The van der Waals surface area contributed by atoms with Crippen molar-refractivity contribution >= 4 is 5.97 Å². The summed E-state index contributed by atoms with van der Waals surface area (Å²) in [6.07, 6.45) is 5.87. The van der Waals surface area contributed by atoms with E-state index in [1.54, 1.807) is 0 Å². The van der Waals surface area contributed by atoms with Gasteiger partial charge in [-0.05, 0) is 30.6 Å². The second-order valence-corrected chi connectivity index (χ2v) is 4.25. The van der Waals surface area contributed by atoms with Crippen molar-refractivity contribution in [1.82, 2.24) is 0 Å².